The maximum Gasteiger partial charge on any atom is 0.331 e. The summed E-state index contributed by atoms with van der Waals surface area (Å²) in [5, 5.41) is 8.82. The average Bonchev–Trinajstić information content (AvgIpc) is 3.90. The Morgan fingerprint density at radius 1 is 0.827 bits per heavy atom. The summed E-state index contributed by atoms with van der Waals surface area (Å²) in [5.41, 5.74) is 4.92. The van der Waals surface area contributed by atoms with Crippen molar-refractivity contribution in [2.24, 2.45) is 0 Å². The van der Waals surface area contributed by atoms with Gasteiger partial charge in [-0.1, -0.05) is 0 Å². The van der Waals surface area contributed by atoms with Crippen molar-refractivity contribution in [3.8, 4) is 23.0 Å². The Morgan fingerprint density at radius 3 is 2.04 bits per heavy atom. The van der Waals surface area contributed by atoms with E-state index in [0.29, 0.717) is 71.7 Å². The predicted octanol–water partition coefficient (Wildman–Crippen LogP) is 4.67. The Morgan fingerprint density at radius 2 is 1.48 bits per heavy atom. The van der Waals surface area contributed by atoms with Gasteiger partial charge in [0.2, 0.25) is 11.9 Å². The highest BCUT2D eigenvalue weighted by Crippen LogP contribution is 2.42. The number of likely N-dealkylation sites (N-methyl/N-ethyl adjacent to an activating group) is 1. The highest BCUT2D eigenvalue weighted by Gasteiger charge is 2.36. The molecule has 0 atom stereocenters. The molecular weight excluding hydrogens is 666 g/mol. The summed E-state index contributed by atoms with van der Waals surface area (Å²) in [6, 6.07) is 13.0. The van der Waals surface area contributed by atoms with Gasteiger partial charge in [0.05, 0.1) is 52.6 Å². The molecule has 7 rings (SSSR count). The van der Waals surface area contributed by atoms with Crippen molar-refractivity contribution in [2.45, 2.75) is 38.4 Å². The third-order valence-electron chi connectivity index (χ3n) is 9.45. The SMILES string of the molecule is COc1ccc(CN(Cc2ccc(OC)cc2OC)c2nncc(N(C)Cc3cn4cc(C5CC5)cc(N5CC(=O)N(C)C5=O)c4n3)n2)c(OC)c1. The molecule has 270 valence electrons. The number of imide groups is 1. The molecule has 2 aromatic carbocycles. The van der Waals surface area contributed by atoms with Gasteiger partial charge in [-0.05, 0) is 54.7 Å². The maximum atomic E-state index is 13.0. The van der Waals surface area contributed by atoms with Crippen LogP contribution in [0.15, 0.2) is 61.1 Å². The van der Waals surface area contributed by atoms with Crippen molar-refractivity contribution in [1.29, 1.82) is 0 Å². The number of ether oxygens (including phenoxy) is 4. The second kappa shape index (κ2) is 14.2. The molecule has 2 fully saturated rings. The Kier molecular flexibility index (Phi) is 9.41. The van der Waals surface area contributed by atoms with Crippen LogP contribution in [-0.4, -0.2) is 90.5 Å². The van der Waals surface area contributed by atoms with Crippen LogP contribution in [0.2, 0.25) is 0 Å². The van der Waals surface area contributed by atoms with E-state index in [1.165, 1.54) is 11.9 Å². The Bertz CT molecular complexity index is 2080. The Hall–Kier alpha value is -6.12. The molecule has 0 spiro atoms. The number of methoxy groups -OCH3 is 4. The standard InChI is InChI=1S/C37H41N9O6/c1-42(20-27-21-44-19-26(23-7-8-23)13-30(35(44)39-27)46-22-34(47)43(2)37(46)48)33-16-38-41-36(40-33)45(17-24-9-11-28(49-3)14-31(24)51-5)18-25-10-12-29(50-4)15-32(25)52-6/h9-16,19,21,23H,7-8,17-18,20,22H2,1-6H3. The molecule has 0 N–H and O–H groups in total. The summed E-state index contributed by atoms with van der Waals surface area (Å²) in [4.78, 5) is 41.9. The zero-order chi connectivity index (χ0) is 36.5. The fourth-order valence-electron chi connectivity index (χ4n) is 6.35. The molecule has 5 aromatic rings. The van der Waals surface area contributed by atoms with E-state index >= 15 is 0 Å². The molecular formula is C37H41N9O6. The number of urea groups is 1. The number of imidazole rings is 1. The van der Waals surface area contributed by atoms with E-state index in [0.717, 1.165) is 40.1 Å². The number of pyridine rings is 1. The fourth-order valence-corrected chi connectivity index (χ4v) is 6.35. The summed E-state index contributed by atoms with van der Waals surface area (Å²) < 4.78 is 24.2. The van der Waals surface area contributed by atoms with Crippen molar-refractivity contribution in [1.82, 2.24) is 29.5 Å². The number of benzene rings is 2. The Balaban J connectivity index is 1.20. The lowest BCUT2D eigenvalue weighted by Crippen LogP contribution is -2.30. The largest absolute Gasteiger partial charge is 0.497 e. The van der Waals surface area contributed by atoms with E-state index in [1.807, 2.05) is 69.9 Å². The fraction of sp³-hybridized carbons (Fsp3) is 0.351. The van der Waals surface area contributed by atoms with Gasteiger partial charge in [-0.2, -0.15) is 10.1 Å². The first-order valence-corrected chi connectivity index (χ1v) is 16.9. The first-order chi connectivity index (χ1) is 25.2. The Labute approximate surface area is 301 Å². The highest BCUT2D eigenvalue weighted by molar-refractivity contribution is 6.13. The third-order valence-corrected chi connectivity index (χ3v) is 9.45. The van der Waals surface area contributed by atoms with E-state index < -0.39 is 0 Å². The van der Waals surface area contributed by atoms with E-state index in [9.17, 15) is 9.59 Å². The predicted molar refractivity (Wildman–Crippen MR) is 194 cm³/mol. The van der Waals surface area contributed by atoms with Crippen LogP contribution in [0.1, 0.15) is 41.1 Å². The lowest BCUT2D eigenvalue weighted by atomic mass is 10.1. The first kappa shape index (κ1) is 34.3. The summed E-state index contributed by atoms with van der Waals surface area (Å²) >= 11 is 0. The number of rotatable bonds is 14. The molecule has 52 heavy (non-hydrogen) atoms. The number of hydrogen-bond donors (Lipinski definition) is 0. The number of amides is 3. The summed E-state index contributed by atoms with van der Waals surface area (Å²) in [7, 11) is 9.89. The molecule has 15 nitrogen and oxygen atoms in total. The van der Waals surface area contributed by atoms with Crippen LogP contribution in [0.5, 0.6) is 23.0 Å². The zero-order valence-corrected chi connectivity index (χ0v) is 30.1. The second-order valence-corrected chi connectivity index (χ2v) is 12.9. The molecule has 2 aliphatic rings. The number of fused-ring (bicyclic) bond motifs is 1. The lowest BCUT2D eigenvalue weighted by molar-refractivity contribution is -0.123. The number of aromatic nitrogens is 5. The molecule has 1 saturated carbocycles. The number of hydrogen-bond acceptors (Lipinski definition) is 12. The van der Waals surface area contributed by atoms with Crippen LogP contribution in [-0.2, 0) is 24.4 Å². The number of anilines is 3. The van der Waals surface area contributed by atoms with Crippen LogP contribution < -0.4 is 33.6 Å². The summed E-state index contributed by atoms with van der Waals surface area (Å²) in [6.45, 7) is 1.16. The van der Waals surface area contributed by atoms with Crippen LogP contribution >= 0.6 is 0 Å². The van der Waals surface area contributed by atoms with Gasteiger partial charge >= 0.3 is 6.03 Å². The molecule has 0 unspecified atom stereocenters. The smallest absolute Gasteiger partial charge is 0.331 e. The second-order valence-electron chi connectivity index (χ2n) is 12.9. The molecule has 3 amide bonds. The lowest BCUT2D eigenvalue weighted by Gasteiger charge is -2.26. The highest BCUT2D eigenvalue weighted by atomic mass is 16.5. The van der Waals surface area contributed by atoms with Crippen LogP contribution in [0.4, 0.5) is 22.2 Å². The summed E-state index contributed by atoms with van der Waals surface area (Å²) in [5.74, 6) is 3.85. The number of carbonyl (C=O) groups is 2. The minimum atomic E-state index is -0.356. The minimum Gasteiger partial charge on any atom is -0.497 e. The van der Waals surface area contributed by atoms with Gasteiger partial charge in [-0.25, -0.2) is 9.78 Å². The zero-order valence-electron chi connectivity index (χ0n) is 30.1. The third kappa shape index (κ3) is 6.81. The molecule has 15 heteroatoms. The average molecular weight is 708 g/mol. The van der Waals surface area contributed by atoms with Crippen molar-refractivity contribution >= 4 is 35.0 Å². The van der Waals surface area contributed by atoms with Crippen molar-refractivity contribution in [2.75, 3.05) is 63.8 Å². The molecule has 1 aliphatic heterocycles. The normalized spacial score (nSPS) is 14.3. The van der Waals surface area contributed by atoms with Gasteiger partial charge < -0.3 is 33.1 Å². The van der Waals surface area contributed by atoms with Crippen LogP contribution in [0.3, 0.4) is 0 Å². The minimum absolute atomic E-state index is 0.0160. The van der Waals surface area contributed by atoms with E-state index in [2.05, 4.69) is 16.4 Å². The van der Waals surface area contributed by atoms with Crippen LogP contribution in [0.25, 0.3) is 5.65 Å². The van der Waals surface area contributed by atoms with Crippen LogP contribution in [0, 0.1) is 0 Å². The van der Waals surface area contributed by atoms with E-state index in [4.69, 9.17) is 28.9 Å². The van der Waals surface area contributed by atoms with Crippen molar-refractivity contribution in [3.05, 3.63) is 83.4 Å². The van der Waals surface area contributed by atoms with Gasteiger partial charge in [-0.3, -0.25) is 14.6 Å². The number of nitrogens with zero attached hydrogens (tertiary/aromatic N) is 9. The molecule has 1 aliphatic carbocycles. The molecule has 1 saturated heterocycles. The van der Waals surface area contributed by atoms with Crippen molar-refractivity contribution < 1.29 is 28.5 Å². The van der Waals surface area contributed by atoms with Gasteiger partial charge in [0.1, 0.15) is 29.5 Å². The maximum absolute atomic E-state index is 13.0. The first-order valence-electron chi connectivity index (χ1n) is 16.9. The summed E-state index contributed by atoms with van der Waals surface area (Å²) in [6.07, 6.45) is 7.83. The van der Waals surface area contributed by atoms with E-state index in [-0.39, 0.29) is 18.5 Å². The van der Waals surface area contributed by atoms with Crippen molar-refractivity contribution in [3.63, 3.8) is 0 Å². The van der Waals surface area contributed by atoms with Gasteiger partial charge in [0.15, 0.2) is 11.5 Å². The molecule has 0 bridgehead atoms. The van der Waals surface area contributed by atoms with Gasteiger partial charge in [-0.15, -0.1) is 5.10 Å². The molecule has 0 radical (unpaired) electrons. The monoisotopic (exact) mass is 707 g/mol. The molecule has 4 heterocycles. The van der Waals surface area contributed by atoms with Gasteiger partial charge in [0.25, 0.3) is 0 Å². The van der Waals surface area contributed by atoms with E-state index in [1.54, 1.807) is 34.6 Å². The topological polar surface area (TPSA) is 140 Å². The molecule has 3 aromatic heterocycles. The van der Waals surface area contributed by atoms with Gasteiger partial charge in [0, 0.05) is 62.8 Å². The quantitative estimate of drug-likeness (QED) is 0.148. The number of carbonyl (C=O) groups excluding carboxylic acids is 2.